The van der Waals surface area contributed by atoms with E-state index in [1.165, 1.54) is 25.9 Å². The SMILES string of the molecule is CC[C@@H](O)CN1CCCC2CNCC21. The maximum Gasteiger partial charge on any atom is 0.0664 e. The molecule has 0 amide bonds. The number of likely N-dealkylation sites (tertiary alicyclic amines) is 1. The fraction of sp³-hybridized carbons (Fsp3) is 1.00. The molecule has 3 heteroatoms. The Morgan fingerprint density at radius 2 is 2.36 bits per heavy atom. The molecular weight excluding hydrogens is 176 g/mol. The topological polar surface area (TPSA) is 35.5 Å². The van der Waals surface area contributed by atoms with Crippen LogP contribution in [0.3, 0.4) is 0 Å². The van der Waals surface area contributed by atoms with Gasteiger partial charge in [0.25, 0.3) is 0 Å². The number of β-amino-alcohol motifs (C(OH)–C–C–N with tert-alkyl or cyclic N) is 1. The lowest BCUT2D eigenvalue weighted by molar-refractivity contribution is 0.0558. The molecule has 2 aliphatic heterocycles. The van der Waals surface area contributed by atoms with Gasteiger partial charge < -0.3 is 10.4 Å². The second-order valence-corrected chi connectivity index (χ2v) is 4.68. The van der Waals surface area contributed by atoms with Crippen LogP contribution in [0.15, 0.2) is 0 Å². The highest BCUT2D eigenvalue weighted by molar-refractivity contribution is 4.92. The minimum atomic E-state index is -0.130. The van der Waals surface area contributed by atoms with Gasteiger partial charge in [-0.15, -0.1) is 0 Å². The first kappa shape index (κ1) is 10.4. The average Bonchev–Trinajstić information content (AvgIpc) is 2.66. The van der Waals surface area contributed by atoms with E-state index in [-0.39, 0.29) is 6.10 Å². The fourth-order valence-corrected chi connectivity index (χ4v) is 2.79. The number of nitrogens with zero attached hydrogens (tertiary/aromatic N) is 1. The summed E-state index contributed by atoms with van der Waals surface area (Å²) in [5.41, 5.74) is 0. The highest BCUT2D eigenvalue weighted by Gasteiger charge is 2.35. The second kappa shape index (κ2) is 4.60. The van der Waals surface area contributed by atoms with Crippen LogP contribution in [0.1, 0.15) is 26.2 Å². The van der Waals surface area contributed by atoms with E-state index >= 15 is 0 Å². The zero-order chi connectivity index (χ0) is 9.97. The molecule has 2 fully saturated rings. The molecule has 82 valence electrons. The molecule has 2 aliphatic rings. The number of hydrogen-bond donors (Lipinski definition) is 2. The average molecular weight is 198 g/mol. The Morgan fingerprint density at radius 3 is 3.14 bits per heavy atom. The molecule has 2 saturated heterocycles. The molecule has 14 heavy (non-hydrogen) atoms. The maximum atomic E-state index is 9.67. The summed E-state index contributed by atoms with van der Waals surface area (Å²) in [6, 6.07) is 0.699. The molecule has 0 bridgehead atoms. The quantitative estimate of drug-likeness (QED) is 0.691. The highest BCUT2D eigenvalue weighted by atomic mass is 16.3. The van der Waals surface area contributed by atoms with Crippen molar-refractivity contribution in [3.8, 4) is 0 Å². The first-order valence-electron chi connectivity index (χ1n) is 5.94. The van der Waals surface area contributed by atoms with Crippen molar-refractivity contribution in [1.82, 2.24) is 10.2 Å². The van der Waals surface area contributed by atoms with Crippen molar-refractivity contribution in [2.24, 2.45) is 5.92 Å². The van der Waals surface area contributed by atoms with Crippen LogP contribution in [0, 0.1) is 5.92 Å². The van der Waals surface area contributed by atoms with Crippen LogP contribution < -0.4 is 5.32 Å². The van der Waals surface area contributed by atoms with Gasteiger partial charge in [0, 0.05) is 19.1 Å². The highest BCUT2D eigenvalue weighted by Crippen LogP contribution is 2.26. The molecule has 2 rings (SSSR count). The number of fused-ring (bicyclic) bond motifs is 1. The summed E-state index contributed by atoms with van der Waals surface area (Å²) < 4.78 is 0. The smallest absolute Gasteiger partial charge is 0.0664 e. The first-order chi connectivity index (χ1) is 6.81. The Kier molecular flexibility index (Phi) is 3.42. The lowest BCUT2D eigenvalue weighted by atomic mass is 9.92. The van der Waals surface area contributed by atoms with Gasteiger partial charge in [-0.05, 0) is 38.3 Å². The Bertz CT molecular complexity index is 186. The predicted molar refractivity (Wildman–Crippen MR) is 57.3 cm³/mol. The van der Waals surface area contributed by atoms with E-state index in [1.54, 1.807) is 0 Å². The van der Waals surface area contributed by atoms with Crippen molar-refractivity contribution in [2.75, 3.05) is 26.2 Å². The van der Waals surface area contributed by atoms with Crippen LogP contribution in [0.4, 0.5) is 0 Å². The van der Waals surface area contributed by atoms with Crippen LogP contribution in [-0.2, 0) is 0 Å². The largest absolute Gasteiger partial charge is 0.392 e. The van der Waals surface area contributed by atoms with E-state index in [2.05, 4.69) is 17.1 Å². The molecule has 0 radical (unpaired) electrons. The maximum absolute atomic E-state index is 9.67. The monoisotopic (exact) mass is 198 g/mol. The number of rotatable bonds is 3. The summed E-state index contributed by atoms with van der Waals surface area (Å²) in [5, 5.41) is 13.1. The van der Waals surface area contributed by atoms with Gasteiger partial charge in [-0.1, -0.05) is 6.92 Å². The Hall–Kier alpha value is -0.120. The number of hydrogen-bond acceptors (Lipinski definition) is 3. The molecule has 0 aromatic heterocycles. The number of aliphatic hydroxyl groups is 1. The summed E-state index contributed by atoms with van der Waals surface area (Å²) in [6.07, 6.45) is 3.42. The van der Waals surface area contributed by atoms with Gasteiger partial charge in [-0.2, -0.15) is 0 Å². The zero-order valence-electron chi connectivity index (χ0n) is 9.08. The molecule has 3 atom stereocenters. The third-order valence-corrected chi connectivity index (χ3v) is 3.71. The third-order valence-electron chi connectivity index (χ3n) is 3.71. The number of piperidine rings is 1. The van der Waals surface area contributed by atoms with E-state index in [9.17, 15) is 5.11 Å². The number of nitrogens with one attached hydrogen (secondary N) is 1. The molecule has 3 nitrogen and oxygen atoms in total. The van der Waals surface area contributed by atoms with Crippen molar-refractivity contribution < 1.29 is 5.11 Å². The van der Waals surface area contributed by atoms with Gasteiger partial charge in [0.2, 0.25) is 0 Å². The summed E-state index contributed by atoms with van der Waals surface area (Å²) in [6.45, 7) is 6.42. The molecule has 2 heterocycles. The minimum Gasteiger partial charge on any atom is -0.392 e. The molecule has 0 aromatic carbocycles. The van der Waals surface area contributed by atoms with E-state index < -0.39 is 0 Å². The third kappa shape index (κ3) is 2.10. The van der Waals surface area contributed by atoms with Crippen molar-refractivity contribution in [3.05, 3.63) is 0 Å². The normalized spacial score (nSPS) is 35.6. The van der Waals surface area contributed by atoms with Gasteiger partial charge in [0.1, 0.15) is 0 Å². The van der Waals surface area contributed by atoms with Gasteiger partial charge in [-0.3, -0.25) is 4.90 Å². The van der Waals surface area contributed by atoms with E-state index in [4.69, 9.17) is 0 Å². The summed E-state index contributed by atoms with van der Waals surface area (Å²) in [7, 11) is 0. The van der Waals surface area contributed by atoms with E-state index in [0.717, 1.165) is 25.4 Å². The zero-order valence-corrected chi connectivity index (χ0v) is 9.08. The standard InChI is InChI=1S/C11H22N2O/c1-2-10(14)8-13-5-3-4-9-6-12-7-11(9)13/h9-12,14H,2-8H2,1H3/t9?,10-,11?/m1/s1. The molecule has 0 spiro atoms. The van der Waals surface area contributed by atoms with Crippen molar-refractivity contribution in [2.45, 2.75) is 38.3 Å². The Balaban J connectivity index is 1.90. The van der Waals surface area contributed by atoms with Crippen molar-refractivity contribution in [3.63, 3.8) is 0 Å². The molecule has 2 unspecified atom stereocenters. The van der Waals surface area contributed by atoms with E-state index in [1.807, 2.05) is 0 Å². The van der Waals surface area contributed by atoms with Gasteiger partial charge in [0.15, 0.2) is 0 Å². The van der Waals surface area contributed by atoms with E-state index in [0.29, 0.717) is 6.04 Å². The van der Waals surface area contributed by atoms with Crippen LogP contribution in [0.5, 0.6) is 0 Å². The molecule has 0 aromatic rings. The summed E-state index contributed by atoms with van der Waals surface area (Å²) >= 11 is 0. The first-order valence-corrected chi connectivity index (χ1v) is 5.94. The summed E-state index contributed by atoms with van der Waals surface area (Å²) in [5.74, 6) is 0.841. The molecule has 2 N–H and O–H groups in total. The van der Waals surface area contributed by atoms with Crippen molar-refractivity contribution >= 4 is 0 Å². The Labute approximate surface area is 86.5 Å². The van der Waals surface area contributed by atoms with Crippen LogP contribution in [0.2, 0.25) is 0 Å². The lowest BCUT2D eigenvalue weighted by Crippen LogP contribution is -2.48. The van der Waals surface area contributed by atoms with Gasteiger partial charge in [-0.25, -0.2) is 0 Å². The lowest BCUT2D eigenvalue weighted by Gasteiger charge is -2.37. The van der Waals surface area contributed by atoms with Crippen LogP contribution in [-0.4, -0.2) is 48.3 Å². The van der Waals surface area contributed by atoms with Crippen molar-refractivity contribution in [1.29, 1.82) is 0 Å². The van der Waals surface area contributed by atoms with Gasteiger partial charge >= 0.3 is 0 Å². The fourth-order valence-electron chi connectivity index (χ4n) is 2.79. The Morgan fingerprint density at radius 1 is 1.50 bits per heavy atom. The van der Waals surface area contributed by atoms with Gasteiger partial charge in [0.05, 0.1) is 6.10 Å². The molecular formula is C11H22N2O. The molecule has 0 saturated carbocycles. The van der Waals surface area contributed by atoms with Crippen LogP contribution >= 0.6 is 0 Å². The van der Waals surface area contributed by atoms with Crippen LogP contribution in [0.25, 0.3) is 0 Å². The second-order valence-electron chi connectivity index (χ2n) is 4.68. The number of aliphatic hydroxyl groups excluding tert-OH is 1. The predicted octanol–water partition coefficient (Wildman–Crippen LogP) is 0.441. The summed E-state index contributed by atoms with van der Waals surface area (Å²) in [4.78, 5) is 2.49. The minimum absolute atomic E-state index is 0.130. The molecule has 0 aliphatic carbocycles.